The fourth-order valence-electron chi connectivity index (χ4n) is 2.87. The summed E-state index contributed by atoms with van der Waals surface area (Å²) in [4.78, 5) is 0. The summed E-state index contributed by atoms with van der Waals surface area (Å²) in [5.41, 5.74) is 7.09. The van der Waals surface area contributed by atoms with Crippen molar-refractivity contribution in [3.8, 4) is 11.5 Å². The molecule has 0 radical (unpaired) electrons. The Balaban J connectivity index is 1.80. The van der Waals surface area contributed by atoms with E-state index in [0.29, 0.717) is 19.4 Å². The van der Waals surface area contributed by atoms with Crippen LogP contribution in [0.5, 0.6) is 11.5 Å². The Morgan fingerprint density at radius 1 is 1.32 bits per heavy atom. The minimum Gasteiger partial charge on any atom is -0.454 e. The van der Waals surface area contributed by atoms with Crippen LogP contribution in [0.4, 0.5) is 0 Å². The molecule has 1 atom stereocenters. The monoisotopic (exact) mass is 326 g/mol. The number of rotatable bonds is 4. The zero-order chi connectivity index (χ0) is 13.2. The van der Waals surface area contributed by atoms with Gasteiger partial charge >= 0.3 is 0 Å². The summed E-state index contributed by atoms with van der Waals surface area (Å²) >= 11 is 3.53. The third kappa shape index (κ3) is 2.73. The van der Waals surface area contributed by atoms with Gasteiger partial charge in [-0.3, -0.25) is 0 Å². The lowest BCUT2D eigenvalue weighted by molar-refractivity contribution is 0.173. The number of nitrogens with one attached hydrogen (secondary N) is 1. The lowest BCUT2D eigenvalue weighted by Crippen LogP contribution is -2.35. The fourth-order valence-corrected chi connectivity index (χ4v) is 3.44. The van der Waals surface area contributed by atoms with E-state index >= 15 is 0 Å². The molecular formula is C14H19BrN2O2. The lowest BCUT2D eigenvalue weighted by Gasteiger charge is -2.22. The molecule has 0 aromatic heterocycles. The van der Waals surface area contributed by atoms with Gasteiger partial charge in [-0.15, -0.1) is 0 Å². The van der Waals surface area contributed by atoms with Crippen molar-refractivity contribution in [1.82, 2.24) is 5.32 Å². The number of hydrogen-bond acceptors (Lipinski definition) is 4. The van der Waals surface area contributed by atoms with Crippen LogP contribution in [0.1, 0.15) is 37.3 Å². The third-order valence-electron chi connectivity index (χ3n) is 3.88. The molecule has 1 aliphatic heterocycles. The largest absolute Gasteiger partial charge is 0.454 e. The molecule has 1 aromatic rings. The van der Waals surface area contributed by atoms with Gasteiger partial charge < -0.3 is 20.5 Å². The van der Waals surface area contributed by atoms with E-state index in [1.165, 1.54) is 25.7 Å². The van der Waals surface area contributed by atoms with Crippen LogP contribution >= 0.6 is 15.9 Å². The van der Waals surface area contributed by atoms with Crippen LogP contribution in [0.3, 0.4) is 0 Å². The van der Waals surface area contributed by atoms with Crippen molar-refractivity contribution in [1.29, 1.82) is 0 Å². The highest BCUT2D eigenvalue weighted by Gasteiger charge is 2.23. The second-order valence-corrected chi connectivity index (χ2v) is 6.03. The average molecular weight is 327 g/mol. The van der Waals surface area contributed by atoms with Crippen LogP contribution in [0, 0.1) is 0 Å². The molecule has 0 amide bonds. The van der Waals surface area contributed by atoms with Gasteiger partial charge in [0, 0.05) is 18.6 Å². The van der Waals surface area contributed by atoms with Crippen LogP contribution in [-0.4, -0.2) is 19.4 Å². The van der Waals surface area contributed by atoms with Crippen molar-refractivity contribution in [2.24, 2.45) is 5.73 Å². The number of ether oxygens (including phenoxy) is 2. The SMILES string of the molecule is NCC(NC1CCCC1)c1cc(Br)c2c(c1)OCO2. The van der Waals surface area contributed by atoms with Crippen molar-refractivity contribution in [2.45, 2.75) is 37.8 Å². The Bertz CT molecular complexity index is 461. The van der Waals surface area contributed by atoms with Gasteiger partial charge in [-0.05, 0) is 46.5 Å². The highest BCUT2D eigenvalue weighted by Crippen LogP contribution is 2.41. The Morgan fingerprint density at radius 3 is 2.84 bits per heavy atom. The van der Waals surface area contributed by atoms with E-state index in [0.717, 1.165) is 21.5 Å². The zero-order valence-electron chi connectivity index (χ0n) is 10.8. The predicted molar refractivity (Wildman–Crippen MR) is 77.5 cm³/mol. The van der Waals surface area contributed by atoms with Crippen LogP contribution in [0.25, 0.3) is 0 Å². The number of fused-ring (bicyclic) bond motifs is 1. The van der Waals surface area contributed by atoms with Crippen molar-refractivity contribution in [3.63, 3.8) is 0 Å². The van der Waals surface area contributed by atoms with Crippen molar-refractivity contribution in [2.75, 3.05) is 13.3 Å². The van der Waals surface area contributed by atoms with Crippen molar-refractivity contribution >= 4 is 15.9 Å². The first-order chi connectivity index (χ1) is 9.28. The summed E-state index contributed by atoms with van der Waals surface area (Å²) in [6.45, 7) is 0.878. The standard InChI is InChI=1S/C14H19BrN2O2/c15-11-5-9(6-13-14(11)19-8-18-13)12(7-16)17-10-3-1-2-4-10/h5-6,10,12,17H,1-4,7-8,16H2. The van der Waals surface area contributed by atoms with Gasteiger partial charge in [0.2, 0.25) is 6.79 Å². The summed E-state index contributed by atoms with van der Waals surface area (Å²) in [7, 11) is 0. The Labute approximate surface area is 121 Å². The smallest absolute Gasteiger partial charge is 0.231 e. The molecule has 19 heavy (non-hydrogen) atoms. The first-order valence-corrected chi connectivity index (χ1v) is 7.62. The van der Waals surface area contributed by atoms with E-state index in [9.17, 15) is 0 Å². The molecule has 4 nitrogen and oxygen atoms in total. The van der Waals surface area contributed by atoms with E-state index in [1.54, 1.807) is 0 Å². The number of hydrogen-bond donors (Lipinski definition) is 2. The number of nitrogens with two attached hydrogens (primary N) is 1. The Kier molecular flexibility index (Phi) is 3.96. The van der Waals surface area contributed by atoms with Gasteiger partial charge in [0.25, 0.3) is 0 Å². The maximum Gasteiger partial charge on any atom is 0.231 e. The molecule has 1 fully saturated rings. The molecule has 1 aliphatic carbocycles. The summed E-state index contributed by atoms with van der Waals surface area (Å²) in [5.74, 6) is 1.59. The topological polar surface area (TPSA) is 56.5 Å². The van der Waals surface area contributed by atoms with E-state index in [4.69, 9.17) is 15.2 Å². The van der Waals surface area contributed by atoms with Crippen LogP contribution in [0.15, 0.2) is 16.6 Å². The van der Waals surface area contributed by atoms with E-state index in [-0.39, 0.29) is 6.04 Å². The molecule has 0 bridgehead atoms. The normalized spacial score (nSPS) is 19.9. The van der Waals surface area contributed by atoms with E-state index in [1.807, 2.05) is 6.07 Å². The molecule has 1 aromatic carbocycles. The summed E-state index contributed by atoms with van der Waals surface area (Å²) < 4.78 is 11.8. The molecule has 3 rings (SSSR count). The summed E-state index contributed by atoms with van der Waals surface area (Å²) in [6, 6.07) is 4.88. The highest BCUT2D eigenvalue weighted by atomic mass is 79.9. The Hall–Kier alpha value is -0.780. The van der Waals surface area contributed by atoms with Crippen molar-refractivity contribution < 1.29 is 9.47 Å². The first-order valence-electron chi connectivity index (χ1n) is 6.83. The molecule has 0 spiro atoms. The average Bonchev–Trinajstić information content (AvgIpc) is 3.06. The van der Waals surface area contributed by atoms with E-state index in [2.05, 4.69) is 27.3 Å². The second kappa shape index (κ2) is 5.69. The van der Waals surface area contributed by atoms with Gasteiger partial charge in [0.05, 0.1) is 4.47 Å². The second-order valence-electron chi connectivity index (χ2n) is 5.17. The maximum absolute atomic E-state index is 5.93. The van der Waals surface area contributed by atoms with E-state index < -0.39 is 0 Å². The molecule has 1 heterocycles. The summed E-state index contributed by atoms with van der Waals surface area (Å²) in [6.07, 6.45) is 5.14. The minimum absolute atomic E-state index is 0.175. The fraction of sp³-hybridized carbons (Fsp3) is 0.571. The van der Waals surface area contributed by atoms with Crippen LogP contribution in [0.2, 0.25) is 0 Å². The quantitative estimate of drug-likeness (QED) is 0.893. The Morgan fingerprint density at radius 2 is 2.11 bits per heavy atom. The molecular weight excluding hydrogens is 308 g/mol. The lowest BCUT2D eigenvalue weighted by atomic mass is 10.0. The third-order valence-corrected chi connectivity index (χ3v) is 4.47. The highest BCUT2D eigenvalue weighted by molar-refractivity contribution is 9.10. The van der Waals surface area contributed by atoms with Gasteiger partial charge in [0.1, 0.15) is 0 Å². The van der Waals surface area contributed by atoms with Crippen LogP contribution < -0.4 is 20.5 Å². The zero-order valence-corrected chi connectivity index (χ0v) is 12.4. The van der Waals surface area contributed by atoms with Gasteiger partial charge in [-0.2, -0.15) is 0 Å². The molecule has 0 saturated heterocycles. The molecule has 104 valence electrons. The molecule has 5 heteroatoms. The molecule has 2 aliphatic rings. The predicted octanol–water partition coefficient (Wildman–Crippen LogP) is 2.71. The van der Waals surface area contributed by atoms with Crippen LogP contribution in [-0.2, 0) is 0 Å². The summed E-state index contributed by atoms with van der Waals surface area (Å²) in [5, 5.41) is 3.66. The molecule has 1 unspecified atom stereocenters. The first kappa shape index (κ1) is 13.2. The van der Waals surface area contributed by atoms with Crippen molar-refractivity contribution in [3.05, 3.63) is 22.2 Å². The van der Waals surface area contributed by atoms with Gasteiger partial charge in [0.15, 0.2) is 11.5 Å². The number of benzene rings is 1. The molecule has 1 saturated carbocycles. The van der Waals surface area contributed by atoms with Gasteiger partial charge in [-0.25, -0.2) is 0 Å². The minimum atomic E-state index is 0.175. The number of halogens is 1. The molecule has 3 N–H and O–H groups in total. The van der Waals surface area contributed by atoms with Gasteiger partial charge in [-0.1, -0.05) is 12.8 Å². The maximum atomic E-state index is 5.93.